The molecule has 132 valence electrons. The number of anilines is 1. The van der Waals surface area contributed by atoms with E-state index in [4.69, 9.17) is 4.74 Å². The van der Waals surface area contributed by atoms with Crippen molar-refractivity contribution < 1.29 is 9.53 Å². The molecule has 0 unspecified atom stereocenters. The quantitative estimate of drug-likeness (QED) is 0.869. The molecule has 0 bridgehead atoms. The molecule has 4 nitrogen and oxygen atoms in total. The number of amides is 1. The zero-order valence-corrected chi connectivity index (χ0v) is 14.8. The Bertz CT molecular complexity index is 674. The summed E-state index contributed by atoms with van der Waals surface area (Å²) in [7, 11) is 1.67. The highest BCUT2D eigenvalue weighted by molar-refractivity contribution is 5.79. The van der Waals surface area contributed by atoms with Gasteiger partial charge in [-0.05, 0) is 54.7 Å². The van der Waals surface area contributed by atoms with E-state index >= 15 is 0 Å². The van der Waals surface area contributed by atoms with Crippen molar-refractivity contribution in [1.29, 1.82) is 0 Å². The van der Waals surface area contributed by atoms with E-state index in [9.17, 15) is 4.79 Å². The molecule has 0 saturated carbocycles. The molecule has 0 radical (unpaired) electrons. The van der Waals surface area contributed by atoms with Crippen LogP contribution in [-0.4, -0.2) is 31.0 Å². The van der Waals surface area contributed by atoms with E-state index < -0.39 is 0 Å². The smallest absolute Gasteiger partial charge is 0.226 e. The summed E-state index contributed by atoms with van der Waals surface area (Å²) in [5.41, 5.74) is 3.33. The highest BCUT2D eigenvalue weighted by Gasteiger charge is 2.16. The van der Waals surface area contributed by atoms with Crippen molar-refractivity contribution >= 4 is 11.6 Å². The summed E-state index contributed by atoms with van der Waals surface area (Å²) < 4.78 is 5.17. The lowest BCUT2D eigenvalue weighted by atomic mass is 10.1. The van der Waals surface area contributed by atoms with Gasteiger partial charge in [0.2, 0.25) is 5.91 Å². The minimum absolute atomic E-state index is 0.249. The van der Waals surface area contributed by atoms with Crippen molar-refractivity contribution in [2.45, 2.75) is 32.2 Å². The number of nitrogens with one attached hydrogen (secondary N) is 1. The predicted octanol–water partition coefficient (Wildman–Crippen LogP) is 3.86. The van der Waals surface area contributed by atoms with Crippen molar-refractivity contribution in [1.82, 2.24) is 4.90 Å². The van der Waals surface area contributed by atoms with Crippen LogP contribution in [-0.2, 0) is 17.8 Å². The van der Waals surface area contributed by atoms with Gasteiger partial charge >= 0.3 is 0 Å². The average Bonchev–Trinajstić information content (AvgIpc) is 2.68. The standard InChI is InChI=1S/C21H26N2O2/c1-25-20-11-7-18(8-12-20)16-22-19-9-5-17(6-10-19)15-21(24)23-13-3-2-4-14-23/h5-12,22H,2-4,13-16H2,1H3. The number of benzene rings is 2. The summed E-state index contributed by atoms with van der Waals surface area (Å²) in [5.74, 6) is 1.12. The summed E-state index contributed by atoms with van der Waals surface area (Å²) in [6, 6.07) is 16.2. The number of likely N-dealkylation sites (tertiary alicyclic amines) is 1. The van der Waals surface area contributed by atoms with Crippen LogP contribution in [0.4, 0.5) is 5.69 Å². The van der Waals surface area contributed by atoms with Gasteiger partial charge in [-0.1, -0.05) is 24.3 Å². The Morgan fingerprint density at radius 2 is 1.60 bits per heavy atom. The maximum absolute atomic E-state index is 12.3. The van der Waals surface area contributed by atoms with Crippen molar-refractivity contribution in [2.24, 2.45) is 0 Å². The highest BCUT2D eigenvalue weighted by Crippen LogP contribution is 2.16. The first-order valence-electron chi connectivity index (χ1n) is 8.98. The number of methoxy groups -OCH3 is 1. The SMILES string of the molecule is COc1ccc(CNc2ccc(CC(=O)N3CCCCC3)cc2)cc1. The average molecular weight is 338 g/mol. The summed E-state index contributed by atoms with van der Waals surface area (Å²) in [6.07, 6.45) is 4.02. The number of hydrogen-bond donors (Lipinski definition) is 1. The number of hydrogen-bond acceptors (Lipinski definition) is 3. The topological polar surface area (TPSA) is 41.6 Å². The molecule has 1 fully saturated rings. The van der Waals surface area contributed by atoms with Crippen LogP contribution in [0.2, 0.25) is 0 Å². The molecule has 0 aliphatic carbocycles. The Kier molecular flexibility index (Phi) is 5.94. The zero-order valence-electron chi connectivity index (χ0n) is 14.8. The Morgan fingerprint density at radius 3 is 2.24 bits per heavy atom. The minimum Gasteiger partial charge on any atom is -0.497 e. The van der Waals surface area contributed by atoms with Crippen LogP contribution < -0.4 is 10.1 Å². The fourth-order valence-corrected chi connectivity index (χ4v) is 3.12. The fraction of sp³-hybridized carbons (Fsp3) is 0.381. The molecular formula is C21H26N2O2. The van der Waals surface area contributed by atoms with Gasteiger partial charge in [-0.3, -0.25) is 4.79 Å². The van der Waals surface area contributed by atoms with Gasteiger partial charge in [0.15, 0.2) is 0 Å². The first-order chi connectivity index (χ1) is 12.2. The molecule has 2 aromatic carbocycles. The first kappa shape index (κ1) is 17.3. The number of piperidine rings is 1. The van der Waals surface area contributed by atoms with Gasteiger partial charge in [-0.15, -0.1) is 0 Å². The summed E-state index contributed by atoms with van der Waals surface area (Å²) in [5, 5.41) is 3.41. The molecule has 1 aliphatic heterocycles. The maximum atomic E-state index is 12.3. The third kappa shape index (κ3) is 4.99. The monoisotopic (exact) mass is 338 g/mol. The van der Waals surface area contributed by atoms with Crippen LogP contribution in [0.1, 0.15) is 30.4 Å². The van der Waals surface area contributed by atoms with E-state index in [0.717, 1.165) is 49.5 Å². The van der Waals surface area contributed by atoms with E-state index in [1.165, 1.54) is 12.0 Å². The van der Waals surface area contributed by atoms with Gasteiger partial charge in [-0.25, -0.2) is 0 Å². The maximum Gasteiger partial charge on any atom is 0.226 e. The fourth-order valence-electron chi connectivity index (χ4n) is 3.12. The molecular weight excluding hydrogens is 312 g/mol. The van der Waals surface area contributed by atoms with Crippen LogP contribution >= 0.6 is 0 Å². The second-order valence-corrected chi connectivity index (χ2v) is 6.52. The summed E-state index contributed by atoms with van der Waals surface area (Å²) in [4.78, 5) is 14.3. The molecule has 1 saturated heterocycles. The van der Waals surface area contributed by atoms with Gasteiger partial charge in [-0.2, -0.15) is 0 Å². The van der Waals surface area contributed by atoms with Gasteiger partial charge in [0.05, 0.1) is 13.5 Å². The third-order valence-electron chi connectivity index (χ3n) is 4.67. The van der Waals surface area contributed by atoms with Gasteiger partial charge in [0.25, 0.3) is 0 Å². The van der Waals surface area contributed by atoms with E-state index in [1.54, 1.807) is 7.11 Å². The predicted molar refractivity (Wildman–Crippen MR) is 101 cm³/mol. The molecule has 25 heavy (non-hydrogen) atoms. The van der Waals surface area contributed by atoms with E-state index in [1.807, 2.05) is 41.3 Å². The molecule has 2 aromatic rings. The number of ether oxygens (including phenoxy) is 1. The second-order valence-electron chi connectivity index (χ2n) is 6.52. The summed E-state index contributed by atoms with van der Waals surface area (Å²) in [6.45, 7) is 2.59. The molecule has 3 rings (SSSR count). The highest BCUT2D eigenvalue weighted by atomic mass is 16.5. The van der Waals surface area contributed by atoms with Gasteiger partial charge < -0.3 is 15.0 Å². The Balaban J connectivity index is 1.50. The lowest BCUT2D eigenvalue weighted by Gasteiger charge is -2.26. The van der Waals surface area contributed by atoms with Crippen LogP contribution in [0.5, 0.6) is 5.75 Å². The van der Waals surface area contributed by atoms with Crippen LogP contribution in [0.15, 0.2) is 48.5 Å². The molecule has 0 aromatic heterocycles. The van der Waals surface area contributed by atoms with Crippen LogP contribution in [0.25, 0.3) is 0 Å². The molecule has 1 amide bonds. The van der Waals surface area contributed by atoms with Crippen molar-refractivity contribution in [3.8, 4) is 5.75 Å². The van der Waals surface area contributed by atoms with Crippen molar-refractivity contribution in [2.75, 3.05) is 25.5 Å². The lowest BCUT2D eigenvalue weighted by molar-refractivity contribution is -0.131. The first-order valence-corrected chi connectivity index (χ1v) is 8.98. The van der Waals surface area contributed by atoms with Crippen LogP contribution in [0.3, 0.4) is 0 Å². The molecule has 4 heteroatoms. The zero-order chi connectivity index (χ0) is 17.5. The molecule has 1 N–H and O–H groups in total. The van der Waals surface area contributed by atoms with Crippen LogP contribution in [0, 0.1) is 0 Å². The molecule has 1 aliphatic rings. The van der Waals surface area contributed by atoms with E-state index in [0.29, 0.717) is 6.42 Å². The normalized spacial score (nSPS) is 14.2. The van der Waals surface area contributed by atoms with Gasteiger partial charge in [0.1, 0.15) is 5.75 Å². The van der Waals surface area contributed by atoms with Gasteiger partial charge in [0, 0.05) is 25.3 Å². The van der Waals surface area contributed by atoms with Crippen molar-refractivity contribution in [3.63, 3.8) is 0 Å². The number of carbonyl (C=O) groups is 1. The molecule has 1 heterocycles. The number of carbonyl (C=O) groups excluding carboxylic acids is 1. The minimum atomic E-state index is 0.249. The lowest BCUT2D eigenvalue weighted by Crippen LogP contribution is -2.36. The largest absolute Gasteiger partial charge is 0.497 e. The number of nitrogens with zero attached hydrogens (tertiary/aromatic N) is 1. The molecule has 0 atom stereocenters. The Labute approximate surface area is 149 Å². The third-order valence-corrected chi connectivity index (χ3v) is 4.67. The summed E-state index contributed by atoms with van der Waals surface area (Å²) >= 11 is 0. The second kappa shape index (κ2) is 8.56. The Hall–Kier alpha value is -2.49. The Morgan fingerprint density at radius 1 is 0.960 bits per heavy atom. The van der Waals surface area contributed by atoms with Crippen molar-refractivity contribution in [3.05, 3.63) is 59.7 Å². The van der Waals surface area contributed by atoms with E-state index in [-0.39, 0.29) is 5.91 Å². The number of rotatable bonds is 6. The van der Waals surface area contributed by atoms with E-state index in [2.05, 4.69) is 17.4 Å². The molecule has 0 spiro atoms.